The van der Waals surface area contributed by atoms with Crippen LogP contribution >= 0.6 is 0 Å². The molecule has 1 aliphatic heterocycles. The molecule has 35 heavy (non-hydrogen) atoms. The predicted octanol–water partition coefficient (Wildman–Crippen LogP) is 5.18. The molecule has 1 aromatic heterocycles. The zero-order chi connectivity index (χ0) is 25.3. The quantitative estimate of drug-likeness (QED) is 0.609. The SMILES string of the molecule is CC(C)Oc1cc2c(cc1NC(=O)c1cccc(C(F)(F)F)n1)=NC(C1CCC(C(C)C)CC1)N=2. The highest BCUT2D eigenvalue weighted by Crippen LogP contribution is 2.36. The molecule has 0 bridgehead atoms. The van der Waals surface area contributed by atoms with Gasteiger partial charge in [-0.3, -0.25) is 14.8 Å². The number of nitrogens with one attached hydrogen (secondary N) is 1. The Bertz CT molecular complexity index is 1200. The van der Waals surface area contributed by atoms with Crippen LogP contribution in [0.2, 0.25) is 0 Å². The number of benzene rings is 1. The average Bonchev–Trinajstić information content (AvgIpc) is 3.21. The van der Waals surface area contributed by atoms with Gasteiger partial charge in [-0.25, -0.2) is 4.98 Å². The lowest BCUT2D eigenvalue weighted by molar-refractivity contribution is -0.141. The lowest BCUT2D eigenvalue weighted by Gasteiger charge is -2.31. The first kappa shape index (κ1) is 25.1. The number of hydrogen-bond acceptors (Lipinski definition) is 5. The van der Waals surface area contributed by atoms with Gasteiger partial charge in [0.05, 0.1) is 22.5 Å². The fourth-order valence-electron chi connectivity index (χ4n) is 4.75. The topological polar surface area (TPSA) is 75.9 Å². The minimum Gasteiger partial charge on any atom is -0.489 e. The molecule has 2 aliphatic rings. The summed E-state index contributed by atoms with van der Waals surface area (Å²) in [6, 6.07) is 6.65. The molecular formula is C26H31F3N4O2. The number of carbonyl (C=O) groups excluding carboxylic acids is 1. The number of halogens is 3. The van der Waals surface area contributed by atoms with Crippen LogP contribution in [0.1, 0.15) is 69.6 Å². The Kier molecular flexibility index (Phi) is 7.15. The summed E-state index contributed by atoms with van der Waals surface area (Å²) in [5, 5.41) is 4.00. The van der Waals surface area contributed by atoms with E-state index in [0.29, 0.717) is 34.0 Å². The molecular weight excluding hydrogens is 457 g/mol. The van der Waals surface area contributed by atoms with Crippen molar-refractivity contribution in [2.24, 2.45) is 27.7 Å². The van der Waals surface area contributed by atoms with Gasteiger partial charge in [-0.05, 0) is 69.6 Å². The fraction of sp³-hybridized carbons (Fsp3) is 0.538. The fourth-order valence-corrected chi connectivity index (χ4v) is 4.75. The summed E-state index contributed by atoms with van der Waals surface area (Å²) in [6.07, 6.45) is -0.486. The number of aromatic nitrogens is 1. The molecule has 4 rings (SSSR count). The van der Waals surface area contributed by atoms with Gasteiger partial charge < -0.3 is 10.1 Å². The largest absolute Gasteiger partial charge is 0.489 e. The van der Waals surface area contributed by atoms with Crippen molar-refractivity contribution in [1.82, 2.24) is 4.98 Å². The first-order valence-corrected chi connectivity index (χ1v) is 12.1. The second-order valence-electron chi connectivity index (χ2n) is 9.95. The van der Waals surface area contributed by atoms with Gasteiger partial charge in [-0.1, -0.05) is 19.9 Å². The highest BCUT2D eigenvalue weighted by Gasteiger charge is 2.33. The van der Waals surface area contributed by atoms with Gasteiger partial charge in [-0.15, -0.1) is 0 Å². The highest BCUT2D eigenvalue weighted by molar-refractivity contribution is 6.03. The summed E-state index contributed by atoms with van der Waals surface area (Å²) < 4.78 is 45.0. The van der Waals surface area contributed by atoms with Gasteiger partial charge in [0.1, 0.15) is 23.3 Å². The van der Waals surface area contributed by atoms with E-state index in [1.807, 2.05) is 13.8 Å². The van der Waals surface area contributed by atoms with Crippen molar-refractivity contribution in [3.8, 4) is 5.75 Å². The van der Waals surface area contributed by atoms with Gasteiger partial charge >= 0.3 is 6.18 Å². The van der Waals surface area contributed by atoms with Gasteiger partial charge in [-0.2, -0.15) is 13.2 Å². The van der Waals surface area contributed by atoms with E-state index in [1.165, 1.54) is 18.9 Å². The van der Waals surface area contributed by atoms with Crippen molar-refractivity contribution in [3.05, 3.63) is 52.4 Å². The second kappa shape index (κ2) is 9.95. The predicted molar refractivity (Wildman–Crippen MR) is 126 cm³/mol. The number of anilines is 1. The third-order valence-electron chi connectivity index (χ3n) is 6.68. The van der Waals surface area contributed by atoms with Crippen molar-refractivity contribution >= 4 is 11.6 Å². The van der Waals surface area contributed by atoms with E-state index in [2.05, 4.69) is 24.1 Å². The number of pyridine rings is 1. The third-order valence-corrected chi connectivity index (χ3v) is 6.68. The normalized spacial score (nSPS) is 21.9. The van der Waals surface area contributed by atoms with Crippen molar-refractivity contribution < 1.29 is 22.7 Å². The van der Waals surface area contributed by atoms with Crippen molar-refractivity contribution in [3.63, 3.8) is 0 Å². The van der Waals surface area contributed by atoms with Crippen LogP contribution in [0.3, 0.4) is 0 Å². The van der Waals surface area contributed by atoms with Crippen molar-refractivity contribution in [2.45, 2.75) is 71.8 Å². The van der Waals surface area contributed by atoms with Crippen LogP contribution in [-0.2, 0) is 6.18 Å². The number of hydrogen-bond donors (Lipinski definition) is 1. The standard InChI is InChI=1S/C26H31F3N4O2/c1-14(2)16-8-10-17(11-9-16)24-31-19-12-21(22(35-15(3)4)13-20(19)32-24)33-25(34)18-6-5-7-23(30-18)26(27,28)29/h5-7,12-17,24H,8-11H2,1-4H3,(H,33,34). The molecule has 188 valence electrons. The minimum atomic E-state index is -4.64. The zero-order valence-corrected chi connectivity index (χ0v) is 20.4. The summed E-state index contributed by atoms with van der Waals surface area (Å²) in [6.45, 7) is 8.24. The maximum atomic E-state index is 13.0. The molecule has 9 heteroatoms. The molecule has 6 nitrogen and oxygen atoms in total. The first-order valence-electron chi connectivity index (χ1n) is 12.1. The van der Waals surface area contributed by atoms with E-state index in [1.54, 1.807) is 12.1 Å². The smallest absolute Gasteiger partial charge is 0.433 e. The number of carbonyl (C=O) groups is 1. The van der Waals surface area contributed by atoms with E-state index in [4.69, 9.17) is 14.7 Å². The van der Waals surface area contributed by atoms with Crippen molar-refractivity contribution in [1.29, 1.82) is 0 Å². The van der Waals surface area contributed by atoms with Crippen LogP contribution < -0.4 is 20.8 Å². The molecule has 1 N–H and O–H groups in total. The molecule has 0 radical (unpaired) electrons. The number of ether oxygens (including phenoxy) is 1. The molecule has 1 aliphatic carbocycles. The minimum absolute atomic E-state index is 0.166. The van der Waals surface area contributed by atoms with Crippen LogP contribution in [0.4, 0.5) is 18.9 Å². The van der Waals surface area contributed by atoms with Crippen molar-refractivity contribution in [2.75, 3.05) is 5.32 Å². The maximum absolute atomic E-state index is 13.0. The Morgan fingerprint density at radius 1 is 1.03 bits per heavy atom. The zero-order valence-electron chi connectivity index (χ0n) is 20.4. The Morgan fingerprint density at radius 2 is 1.69 bits per heavy atom. The molecule has 2 heterocycles. The maximum Gasteiger partial charge on any atom is 0.433 e. The molecule has 0 spiro atoms. The van der Waals surface area contributed by atoms with Gasteiger partial charge in [0, 0.05) is 12.0 Å². The van der Waals surface area contributed by atoms with E-state index in [9.17, 15) is 18.0 Å². The molecule has 1 aromatic carbocycles. The number of nitrogens with zero attached hydrogens (tertiary/aromatic N) is 3. The Balaban J connectivity index is 1.59. The summed E-state index contributed by atoms with van der Waals surface area (Å²) in [5.74, 6) is 1.43. The Morgan fingerprint density at radius 3 is 2.29 bits per heavy atom. The Hall–Kier alpha value is -2.97. The highest BCUT2D eigenvalue weighted by atomic mass is 19.4. The second-order valence-corrected chi connectivity index (χ2v) is 9.95. The van der Waals surface area contributed by atoms with Crippen LogP contribution in [-0.4, -0.2) is 23.2 Å². The lowest BCUT2D eigenvalue weighted by Crippen LogP contribution is -2.25. The third kappa shape index (κ3) is 5.82. The monoisotopic (exact) mass is 488 g/mol. The molecule has 1 saturated carbocycles. The van der Waals surface area contributed by atoms with E-state index >= 15 is 0 Å². The summed E-state index contributed by atoms with van der Waals surface area (Å²) in [5.41, 5.74) is -1.14. The average molecular weight is 489 g/mol. The number of amides is 1. The molecule has 1 fully saturated rings. The van der Waals surface area contributed by atoms with Gasteiger partial charge in [0.2, 0.25) is 0 Å². The van der Waals surface area contributed by atoms with E-state index in [0.717, 1.165) is 30.9 Å². The van der Waals surface area contributed by atoms with Gasteiger partial charge in [0.15, 0.2) is 0 Å². The van der Waals surface area contributed by atoms with E-state index in [-0.39, 0.29) is 18.0 Å². The summed E-state index contributed by atoms with van der Waals surface area (Å²) in [4.78, 5) is 25.9. The Labute approximate surface area is 202 Å². The number of alkyl halides is 3. The van der Waals surface area contributed by atoms with Crippen LogP contribution in [0.25, 0.3) is 0 Å². The molecule has 2 aromatic rings. The summed E-state index contributed by atoms with van der Waals surface area (Å²) in [7, 11) is 0. The van der Waals surface area contributed by atoms with Crippen LogP contribution in [0.15, 0.2) is 40.3 Å². The van der Waals surface area contributed by atoms with Crippen LogP contribution in [0.5, 0.6) is 5.75 Å². The molecule has 1 amide bonds. The van der Waals surface area contributed by atoms with Crippen LogP contribution in [0, 0.1) is 17.8 Å². The number of fused-ring (bicyclic) bond motifs is 1. The lowest BCUT2D eigenvalue weighted by atomic mass is 9.76. The number of rotatable bonds is 6. The van der Waals surface area contributed by atoms with E-state index < -0.39 is 17.8 Å². The first-order chi connectivity index (χ1) is 16.5. The molecule has 0 saturated heterocycles. The van der Waals surface area contributed by atoms with Gasteiger partial charge in [0.25, 0.3) is 5.91 Å². The molecule has 1 atom stereocenters. The summed E-state index contributed by atoms with van der Waals surface area (Å²) >= 11 is 0. The molecule has 1 unspecified atom stereocenters.